The first-order chi connectivity index (χ1) is 18.8. The molecule has 3 aromatic rings. The highest BCUT2D eigenvalue weighted by atomic mass is 79.9. The van der Waals surface area contributed by atoms with Crippen LogP contribution in [0.2, 0.25) is 5.02 Å². The largest absolute Gasteiger partial charge is 0.449 e. The van der Waals surface area contributed by atoms with Crippen molar-refractivity contribution in [1.82, 2.24) is 4.90 Å². The third-order valence-electron chi connectivity index (χ3n) is 5.24. The zero-order valence-electron chi connectivity index (χ0n) is 19.7. The van der Waals surface area contributed by atoms with Gasteiger partial charge < -0.3 is 10.1 Å². The number of amides is 3. The van der Waals surface area contributed by atoms with Gasteiger partial charge in [0, 0.05) is 16.8 Å². The van der Waals surface area contributed by atoms with Crippen molar-refractivity contribution in [2.24, 2.45) is 0 Å². The molecule has 4 rings (SSSR count). The Balaban J connectivity index is 1.48. The van der Waals surface area contributed by atoms with Gasteiger partial charge in [-0.3, -0.25) is 29.4 Å². The van der Waals surface area contributed by atoms with Gasteiger partial charge in [-0.15, -0.1) is 0 Å². The molecular formula is C25H14BrClF3N3O6S. The molecule has 0 atom stereocenters. The summed E-state index contributed by atoms with van der Waals surface area (Å²) in [5.74, 6) is -1.66. The zero-order chi connectivity index (χ0) is 29.2. The predicted molar refractivity (Wildman–Crippen MR) is 145 cm³/mol. The van der Waals surface area contributed by atoms with Gasteiger partial charge in [0.25, 0.3) is 11.1 Å². The van der Waals surface area contributed by atoms with E-state index in [0.29, 0.717) is 40.2 Å². The Labute approximate surface area is 241 Å². The van der Waals surface area contributed by atoms with Crippen molar-refractivity contribution in [3.63, 3.8) is 0 Å². The number of nitrogens with zero attached hydrogens (tertiary/aromatic N) is 2. The molecular weight excluding hydrogens is 643 g/mol. The number of carbonyl (C=O) groups excluding carboxylic acids is 3. The lowest BCUT2D eigenvalue weighted by molar-refractivity contribution is -0.385. The smallest absolute Gasteiger partial charge is 0.416 e. The average molecular weight is 657 g/mol. The number of nitrogens with one attached hydrogen (secondary N) is 1. The molecule has 1 heterocycles. The Kier molecular flexibility index (Phi) is 8.51. The average Bonchev–Trinajstić information content (AvgIpc) is 3.12. The molecule has 0 aliphatic carbocycles. The first kappa shape index (κ1) is 29.1. The maximum atomic E-state index is 13.0. The molecule has 1 aliphatic rings. The fraction of sp³-hybridized carbons (Fsp3) is 0.0800. The summed E-state index contributed by atoms with van der Waals surface area (Å²) in [6.07, 6.45) is -3.37. The highest BCUT2D eigenvalue weighted by Gasteiger charge is 2.36. The first-order valence-electron chi connectivity index (χ1n) is 11.0. The van der Waals surface area contributed by atoms with Gasteiger partial charge in [0.1, 0.15) is 12.3 Å². The molecule has 3 aromatic carbocycles. The molecule has 0 unspecified atom stereocenters. The van der Waals surface area contributed by atoms with E-state index in [2.05, 4.69) is 21.2 Å². The Hall–Kier alpha value is -3.88. The minimum Gasteiger partial charge on any atom is -0.449 e. The number of ether oxygens (including phenoxy) is 1. The molecule has 1 N–H and O–H groups in total. The molecule has 0 bridgehead atoms. The van der Waals surface area contributed by atoms with Crippen LogP contribution in [-0.4, -0.2) is 33.4 Å². The fourth-order valence-electron chi connectivity index (χ4n) is 3.43. The van der Waals surface area contributed by atoms with Crippen LogP contribution in [-0.2, 0) is 15.8 Å². The number of benzene rings is 3. The lowest BCUT2D eigenvalue weighted by Crippen LogP contribution is -2.36. The second-order valence-corrected chi connectivity index (χ2v) is 10.3. The summed E-state index contributed by atoms with van der Waals surface area (Å²) < 4.78 is 44.6. The van der Waals surface area contributed by atoms with Gasteiger partial charge in [0.2, 0.25) is 11.7 Å². The number of nitro benzene ring substituents is 1. The van der Waals surface area contributed by atoms with E-state index in [9.17, 15) is 37.7 Å². The Morgan fingerprint density at radius 3 is 2.50 bits per heavy atom. The van der Waals surface area contributed by atoms with Crippen LogP contribution in [0.4, 0.5) is 29.3 Å². The zero-order valence-corrected chi connectivity index (χ0v) is 22.9. The third kappa shape index (κ3) is 6.81. The van der Waals surface area contributed by atoms with Crippen molar-refractivity contribution in [3.05, 3.63) is 96.3 Å². The number of anilines is 1. The highest BCUT2D eigenvalue weighted by molar-refractivity contribution is 9.10. The summed E-state index contributed by atoms with van der Waals surface area (Å²) in [7, 11) is 0. The summed E-state index contributed by atoms with van der Waals surface area (Å²) in [6.45, 7) is -0.517. The normalized spacial score (nSPS) is 14.5. The van der Waals surface area contributed by atoms with Crippen molar-refractivity contribution in [2.75, 3.05) is 11.9 Å². The Bertz CT molecular complexity index is 1580. The Morgan fingerprint density at radius 1 is 1.12 bits per heavy atom. The molecule has 0 saturated carbocycles. The van der Waals surface area contributed by atoms with Crippen LogP contribution in [0.5, 0.6) is 11.5 Å². The second-order valence-electron chi connectivity index (χ2n) is 8.06. The fourth-order valence-corrected chi connectivity index (χ4v) is 4.93. The molecule has 9 nitrogen and oxygen atoms in total. The molecule has 0 radical (unpaired) electrons. The molecule has 3 amide bonds. The molecule has 0 aromatic heterocycles. The number of halogens is 5. The van der Waals surface area contributed by atoms with Crippen LogP contribution in [0.25, 0.3) is 6.08 Å². The van der Waals surface area contributed by atoms with E-state index in [1.807, 2.05) is 0 Å². The summed E-state index contributed by atoms with van der Waals surface area (Å²) >= 11 is 9.75. The van der Waals surface area contributed by atoms with E-state index < -0.39 is 51.7 Å². The maximum absolute atomic E-state index is 13.0. The molecule has 206 valence electrons. The molecule has 1 aliphatic heterocycles. The summed E-state index contributed by atoms with van der Waals surface area (Å²) in [5.41, 5.74) is -1.25. The van der Waals surface area contributed by atoms with E-state index in [-0.39, 0.29) is 15.1 Å². The number of hydrogen-bond donors (Lipinski definition) is 1. The molecule has 1 fully saturated rings. The molecule has 40 heavy (non-hydrogen) atoms. The second kappa shape index (κ2) is 11.7. The van der Waals surface area contributed by atoms with Gasteiger partial charge >= 0.3 is 11.9 Å². The SMILES string of the molecule is O=C(CN1C(=O)S/C(=C/c2ccc(Oc3ccc(C(F)(F)F)cc3[N+](=O)[O-])c(Br)c2)C1=O)Nc1cccc(Cl)c1. The summed E-state index contributed by atoms with van der Waals surface area (Å²) in [6, 6.07) is 12.6. The van der Waals surface area contributed by atoms with Gasteiger partial charge in [-0.05, 0) is 81.8 Å². The Morgan fingerprint density at radius 2 is 1.85 bits per heavy atom. The lowest BCUT2D eigenvalue weighted by atomic mass is 10.1. The first-order valence-corrected chi connectivity index (χ1v) is 12.9. The quantitative estimate of drug-likeness (QED) is 0.159. The minimum absolute atomic E-state index is 0.0412. The van der Waals surface area contributed by atoms with Crippen LogP contribution in [0.15, 0.2) is 70.0 Å². The van der Waals surface area contributed by atoms with Crippen molar-refractivity contribution >= 4 is 73.8 Å². The number of alkyl halides is 3. The summed E-state index contributed by atoms with van der Waals surface area (Å²) in [5, 5.41) is 13.6. The van der Waals surface area contributed by atoms with Gasteiger partial charge in [0.05, 0.1) is 19.9 Å². The van der Waals surface area contributed by atoms with Crippen LogP contribution in [0, 0.1) is 10.1 Å². The molecule has 1 saturated heterocycles. The molecule has 0 spiro atoms. The molecule has 15 heteroatoms. The van der Waals surface area contributed by atoms with Crippen LogP contribution >= 0.6 is 39.3 Å². The maximum Gasteiger partial charge on any atom is 0.416 e. The van der Waals surface area contributed by atoms with Gasteiger partial charge in [-0.2, -0.15) is 13.2 Å². The van der Waals surface area contributed by atoms with Crippen LogP contribution in [0.3, 0.4) is 0 Å². The highest BCUT2D eigenvalue weighted by Crippen LogP contribution is 2.40. The minimum atomic E-state index is -4.77. The summed E-state index contributed by atoms with van der Waals surface area (Å²) in [4.78, 5) is 48.7. The lowest BCUT2D eigenvalue weighted by Gasteiger charge is -2.12. The topological polar surface area (TPSA) is 119 Å². The van der Waals surface area contributed by atoms with E-state index in [1.165, 1.54) is 30.3 Å². The monoisotopic (exact) mass is 655 g/mol. The van der Waals surface area contributed by atoms with E-state index in [4.69, 9.17) is 16.3 Å². The number of nitro groups is 1. The number of thioether (sulfide) groups is 1. The van der Waals surface area contributed by atoms with E-state index in [1.54, 1.807) is 18.2 Å². The number of hydrogen-bond acceptors (Lipinski definition) is 7. The van der Waals surface area contributed by atoms with E-state index >= 15 is 0 Å². The van der Waals surface area contributed by atoms with Crippen LogP contribution < -0.4 is 10.1 Å². The van der Waals surface area contributed by atoms with Crippen molar-refractivity contribution < 1.29 is 37.2 Å². The van der Waals surface area contributed by atoms with Crippen molar-refractivity contribution in [3.8, 4) is 11.5 Å². The van der Waals surface area contributed by atoms with Crippen molar-refractivity contribution in [1.29, 1.82) is 0 Å². The van der Waals surface area contributed by atoms with Gasteiger partial charge in [-0.1, -0.05) is 23.7 Å². The third-order valence-corrected chi connectivity index (χ3v) is 7.00. The standard InChI is InChI=1S/C25H14BrClF3N3O6S/c26-17-8-13(4-6-19(17)39-20-7-5-14(25(28,29)30)10-18(20)33(37)38)9-21-23(35)32(24(36)40-21)12-22(34)31-16-3-1-2-15(27)11-16/h1-11H,12H2,(H,31,34)/b21-9+. The van der Waals surface area contributed by atoms with Gasteiger partial charge in [-0.25, -0.2) is 0 Å². The van der Waals surface area contributed by atoms with Crippen molar-refractivity contribution in [2.45, 2.75) is 6.18 Å². The number of rotatable bonds is 7. The number of imide groups is 1. The van der Waals surface area contributed by atoms with Crippen LogP contribution in [0.1, 0.15) is 11.1 Å². The number of carbonyl (C=O) groups is 3. The predicted octanol–water partition coefficient (Wildman–Crippen LogP) is 7.50. The van der Waals surface area contributed by atoms with E-state index in [0.717, 1.165) is 11.0 Å². The van der Waals surface area contributed by atoms with Gasteiger partial charge in [0.15, 0.2) is 0 Å².